The average Bonchev–Trinajstić information content (AvgIpc) is 2.89. The van der Waals surface area contributed by atoms with Gasteiger partial charge >= 0.3 is 7.12 Å². The van der Waals surface area contributed by atoms with Crippen molar-refractivity contribution in [3.8, 4) is 45.0 Å². The first kappa shape index (κ1) is 20.8. The van der Waals surface area contributed by atoms with Crippen molar-refractivity contribution in [3.63, 3.8) is 0 Å². The Labute approximate surface area is 193 Å². The Kier molecular flexibility index (Phi) is 5.81. The molecule has 0 saturated carbocycles. The van der Waals surface area contributed by atoms with Crippen molar-refractivity contribution in [2.24, 2.45) is 0 Å². The Morgan fingerprint density at radius 2 is 0.879 bits per heavy atom. The Hall–Kier alpha value is -4.06. The molecule has 5 heteroatoms. The van der Waals surface area contributed by atoms with Gasteiger partial charge < -0.3 is 10.0 Å². The smallest absolute Gasteiger partial charge is 0.423 e. The van der Waals surface area contributed by atoms with E-state index in [-0.39, 0.29) is 0 Å². The van der Waals surface area contributed by atoms with E-state index in [2.05, 4.69) is 36.4 Å². The van der Waals surface area contributed by atoms with Crippen LogP contribution in [0, 0.1) is 0 Å². The molecule has 0 unspecified atom stereocenters. The molecule has 4 aromatic carbocycles. The number of aromatic nitrogens is 2. The molecular weight excluding hydrogens is 407 g/mol. The molecule has 0 fully saturated rings. The van der Waals surface area contributed by atoms with E-state index in [9.17, 15) is 10.0 Å². The van der Waals surface area contributed by atoms with Gasteiger partial charge in [-0.2, -0.15) is 0 Å². The fourth-order valence-corrected chi connectivity index (χ4v) is 3.75. The Morgan fingerprint density at radius 1 is 0.455 bits per heavy atom. The van der Waals surface area contributed by atoms with Crippen LogP contribution in [-0.2, 0) is 0 Å². The average molecular weight is 428 g/mol. The summed E-state index contributed by atoms with van der Waals surface area (Å²) in [5.41, 5.74) is 7.16. The van der Waals surface area contributed by atoms with E-state index >= 15 is 0 Å². The number of nitrogens with zero attached hydrogens (tertiary/aromatic N) is 2. The summed E-state index contributed by atoms with van der Waals surface area (Å²) in [5.74, 6) is 0.640. The normalized spacial score (nSPS) is 10.7. The highest BCUT2D eigenvalue weighted by Crippen LogP contribution is 2.29. The number of rotatable bonds is 5. The Morgan fingerprint density at radius 3 is 1.39 bits per heavy atom. The second-order valence-electron chi connectivity index (χ2n) is 7.77. The van der Waals surface area contributed by atoms with Gasteiger partial charge in [0.2, 0.25) is 0 Å². The van der Waals surface area contributed by atoms with Gasteiger partial charge in [0.05, 0.1) is 11.4 Å². The zero-order valence-corrected chi connectivity index (χ0v) is 17.8. The molecule has 0 atom stereocenters. The highest BCUT2D eigenvalue weighted by Gasteiger charge is 2.13. The van der Waals surface area contributed by atoms with Crippen LogP contribution in [0.4, 0.5) is 0 Å². The summed E-state index contributed by atoms with van der Waals surface area (Å²) in [6, 6.07) is 37.6. The quantitative estimate of drug-likeness (QED) is 0.394. The maximum Gasteiger partial charge on any atom is 0.488 e. The van der Waals surface area contributed by atoms with Gasteiger partial charge in [-0.1, -0.05) is 109 Å². The van der Waals surface area contributed by atoms with Gasteiger partial charge in [-0.25, -0.2) is 9.97 Å². The molecule has 2 N–H and O–H groups in total. The van der Waals surface area contributed by atoms with Crippen LogP contribution < -0.4 is 5.46 Å². The number of hydrogen-bond acceptors (Lipinski definition) is 4. The van der Waals surface area contributed by atoms with Gasteiger partial charge in [-0.3, -0.25) is 0 Å². The summed E-state index contributed by atoms with van der Waals surface area (Å²) < 4.78 is 0. The van der Waals surface area contributed by atoms with Gasteiger partial charge in [0.15, 0.2) is 5.82 Å². The molecule has 5 rings (SSSR count). The standard InChI is InChI=1S/C28H21BN2O2/c32-29(33)25-17-15-23(16-18-25)27-19-26(30-28(31-27)24-9-5-2-6-10-24)22-13-11-21(12-14-22)20-7-3-1-4-8-20/h1-19,32-33H. The van der Waals surface area contributed by atoms with Crippen molar-refractivity contribution in [2.45, 2.75) is 0 Å². The van der Waals surface area contributed by atoms with Crippen LogP contribution in [-0.4, -0.2) is 27.1 Å². The van der Waals surface area contributed by atoms with E-state index < -0.39 is 7.12 Å². The minimum Gasteiger partial charge on any atom is -0.423 e. The fourth-order valence-electron chi connectivity index (χ4n) is 3.75. The first-order valence-corrected chi connectivity index (χ1v) is 10.7. The zero-order valence-electron chi connectivity index (χ0n) is 17.8. The highest BCUT2D eigenvalue weighted by atomic mass is 16.4. The summed E-state index contributed by atoms with van der Waals surface area (Å²) in [6.45, 7) is 0. The van der Waals surface area contributed by atoms with Crippen LogP contribution in [0.15, 0.2) is 115 Å². The van der Waals surface area contributed by atoms with Crippen LogP contribution in [0.1, 0.15) is 0 Å². The summed E-state index contributed by atoms with van der Waals surface area (Å²) in [4.78, 5) is 9.66. The fraction of sp³-hybridized carbons (Fsp3) is 0. The largest absolute Gasteiger partial charge is 0.488 e. The molecule has 5 aromatic rings. The minimum atomic E-state index is -1.50. The Bertz CT molecular complexity index is 1360. The van der Waals surface area contributed by atoms with Gasteiger partial charge in [-0.15, -0.1) is 0 Å². The highest BCUT2D eigenvalue weighted by molar-refractivity contribution is 6.58. The van der Waals surface area contributed by atoms with Gasteiger partial charge in [-0.05, 0) is 22.7 Å². The first-order chi connectivity index (χ1) is 16.2. The molecular formula is C28H21BN2O2. The number of hydrogen-bond donors (Lipinski definition) is 2. The van der Waals surface area contributed by atoms with Crippen LogP contribution in [0.3, 0.4) is 0 Å². The van der Waals surface area contributed by atoms with Crippen LogP contribution in [0.5, 0.6) is 0 Å². The lowest BCUT2D eigenvalue weighted by atomic mass is 9.80. The molecule has 0 bridgehead atoms. The van der Waals surface area contributed by atoms with Crippen molar-refractivity contribution in [1.29, 1.82) is 0 Å². The minimum absolute atomic E-state index is 0.438. The summed E-state index contributed by atoms with van der Waals surface area (Å²) >= 11 is 0. The predicted molar refractivity (Wildman–Crippen MR) is 134 cm³/mol. The molecule has 0 aliphatic rings. The van der Waals surface area contributed by atoms with Crippen LogP contribution in [0.2, 0.25) is 0 Å². The first-order valence-electron chi connectivity index (χ1n) is 10.7. The Balaban J connectivity index is 1.58. The second-order valence-corrected chi connectivity index (χ2v) is 7.77. The third-order valence-corrected chi connectivity index (χ3v) is 5.55. The van der Waals surface area contributed by atoms with Crippen molar-refractivity contribution in [1.82, 2.24) is 9.97 Å². The molecule has 0 amide bonds. The lowest BCUT2D eigenvalue weighted by molar-refractivity contribution is 0.426. The third-order valence-electron chi connectivity index (χ3n) is 5.55. The zero-order chi connectivity index (χ0) is 22.6. The molecule has 0 aliphatic carbocycles. The molecule has 0 spiro atoms. The van der Waals surface area contributed by atoms with Crippen LogP contribution in [0.25, 0.3) is 45.0 Å². The summed E-state index contributed by atoms with van der Waals surface area (Å²) in [7, 11) is -1.50. The van der Waals surface area contributed by atoms with E-state index in [1.807, 2.05) is 66.7 Å². The lowest BCUT2D eigenvalue weighted by Crippen LogP contribution is -2.29. The van der Waals surface area contributed by atoms with Crippen LogP contribution >= 0.6 is 0 Å². The molecule has 33 heavy (non-hydrogen) atoms. The van der Waals surface area contributed by atoms with Crippen molar-refractivity contribution >= 4 is 12.6 Å². The monoisotopic (exact) mass is 428 g/mol. The molecule has 0 radical (unpaired) electrons. The third kappa shape index (κ3) is 4.60. The molecule has 0 aliphatic heterocycles. The van der Waals surface area contributed by atoms with E-state index in [1.54, 1.807) is 12.1 Å². The molecule has 1 aromatic heterocycles. The maximum absolute atomic E-state index is 9.41. The molecule has 158 valence electrons. The topological polar surface area (TPSA) is 66.2 Å². The SMILES string of the molecule is OB(O)c1ccc(-c2cc(-c3ccc(-c4ccccc4)cc3)nc(-c3ccccc3)n2)cc1. The predicted octanol–water partition coefficient (Wildman–Crippen LogP) is 4.82. The molecule has 1 heterocycles. The van der Waals surface area contributed by atoms with Gasteiger partial charge in [0.1, 0.15) is 0 Å². The molecule has 0 saturated heterocycles. The van der Waals surface area contributed by atoms with E-state index in [1.165, 1.54) is 5.56 Å². The summed E-state index contributed by atoms with van der Waals surface area (Å²) in [6.07, 6.45) is 0. The lowest BCUT2D eigenvalue weighted by Gasteiger charge is -2.10. The maximum atomic E-state index is 9.41. The van der Waals surface area contributed by atoms with E-state index in [0.717, 1.165) is 33.6 Å². The van der Waals surface area contributed by atoms with Crippen molar-refractivity contribution in [2.75, 3.05) is 0 Å². The van der Waals surface area contributed by atoms with Gasteiger partial charge in [0.25, 0.3) is 0 Å². The molecule has 4 nitrogen and oxygen atoms in total. The van der Waals surface area contributed by atoms with Crippen molar-refractivity contribution < 1.29 is 10.0 Å². The van der Waals surface area contributed by atoms with Gasteiger partial charge in [0, 0.05) is 16.7 Å². The second kappa shape index (κ2) is 9.21. The summed E-state index contributed by atoms with van der Waals surface area (Å²) in [5, 5.41) is 18.8. The van der Waals surface area contributed by atoms with E-state index in [4.69, 9.17) is 9.97 Å². The van der Waals surface area contributed by atoms with E-state index in [0.29, 0.717) is 11.3 Å². The van der Waals surface area contributed by atoms with Crippen molar-refractivity contribution in [3.05, 3.63) is 115 Å². The number of benzene rings is 4.